The van der Waals surface area contributed by atoms with E-state index < -0.39 is 7.12 Å². The Hall–Kier alpha value is -1.04. The number of rotatable bonds is 2. The standard InChI is InChI=1S/C10H9BBrNO2/c12-10-7-8(13-5-1-2-6-13)3-4-9(10)11(14)15/h1-7,14-15H. The van der Waals surface area contributed by atoms with Crippen molar-refractivity contribution in [3.05, 3.63) is 47.2 Å². The Labute approximate surface area is 96.3 Å². The van der Waals surface area contributed by atoms with Crippen LogP contribution in [0.4, 0.5) is 0 Å². The van der Waals surface area contributed by atoms with Crippen LogP contribution in [0.5, 0.6) is 0 Å². The number of halogens is 1. The molecule has 0 atom stereocenters. The predicted octanol–water partition coefficient (Wildman–Crippen LogP) is 0.920. The molecule has 0 bridgehead atoms. The minimum absolute atomic E-state index is 0.464. The zero-order chi connectivity index (χ0) is 10.8. The molecule has 0 spiro atoms. The molecule has 76 valence electrons. The Morgan fingerprint density at radius 3 is 2.33 bits per heavy atom. The predicted molar refractivity (Wildman–Crippen MR) is 63.3 cm³/mol. The Kier molecular flexibility index (Phi) is 2.95. The van der Waals surface area contributed by atoms with Crippen LogP contribution in [0.1, 0.15) is 0 Å². The van der Waals surface area contributed by atoms with E-state index in [0.717, 1.165) is 5.69 Å². The fourth-order valence-electron chi connectivity index (χ4n) is 1.39. The Bertz CT molecular complexity index is 456. The highest BCUT2D eigenvalue weighted by Gasteiger charge is 2.14. The lowest BCUT2D eigenvalue weighted by Crippen LogP contribution is -2.30. The van der Waals surface area contributed by atoms with Gasteiger partial charge in [0.15, 0.2) is 0 Å². The summed E-state index contributed by atoms with van der Waals surface area (Å²) in [7, 11) is -1.45. The van der Waals surface area contributed by atoms with E-state index in [-0.39, 0.29) is 0 Å². The molecular formula is C10H9BBrNO2. The lowest BCUT2D eigenvalue weighted by atomic mass is 9.80. The van der Waals surface area contributed by atoms with Gasteiger partial charge in [-0.05, 0) is 29.7 Å². The van der Waals surface area contributed by atoms with Crippen molar-refractivity contribution in [1.29, 1.82) is 0 Å². The number of aromatic nitrogens is 1. The maximum absolute atomic E-state index is 9.04. The molecule has 0 saturated carbocycles. The van der Waals surface area contributed by atoms with Crippen molar-refractivity contribution in [1.82, 2.24) is 4.57 Å². The van der Waals surface area contributed by atoms with Gasteiger partial charge < -0.3 is 14.6 Å². The van der Waals surface area contributed by atoms with Crippen molar-refractivity contribution in [2.75, 3.05) is 0 Å². The smallest absolute Gasteiger partial charge is 0.423 e. The van der Waals surface area contributed by atoms with Gasteiger partial charge in [-0.15, -0.1) is 0 Å². The molecule has 5 heteroatoms. The fraction of sp³-hybridized carbons (Fsp3) is 0. The minimum atomic E-state index is -1.45. The number of nitrogens with zero attached hydrogens (tertiary/aromatic N) is 1. The second kappa shape index (κ2) is 4.22. The third-order valence-corrected chi connectivity index (χ3v) is 2.85. The van der Waals surface area contributed by atoms with Gasteiger partial charge in [0.25, 0.3) is 0 Å². The molecule has 1 aromatic heterocycles. The van der Waals surface area contributed by atoms with Gasteiger partial charge in [0.05, 0.1) is 0 Å². The molecule has 0 fully saturated rings. The third kappa shape index (κ3) is 2.14. The molecule has 2 rings (SSSR count). The zero-order valence-electron chi connectivity index (χ0n) is 7.84. The topological polar surface area (TPSA) is 45.4 Å². The van der Waals surface area contributed by atoms with E-state index >= 15 is 0 Å². The highest BCUT2D eigenvalue weighted by atomic mass is 79.9. The lowest BCUT2D eigenvalue weighted by molar-refractivity contribution is 0.425. The molecule has 1 aromatic carbocycles. The summed E-state index contributed by atoms with van der Waals surface area (Å²) in [6.45, 7) is 0. The van der Waals surface area contributed by atoms with Crippen LogP contribution in [-0.4, -0.2) is 21.7 Å². The van der Waals surface area contributed by atoms with E-state index in [2.05, 4.69) is 15.9 Å². The first-order valence-corrected chi connectivity index (χ1v) is 5.27. The average Bonchev–Trinajstić information content (AvgIpc) is 2.69. The van der Waals surface area contributed by atoms with E-state index in [1.165, 1.54) is 0 Å². The van der Waals surface area contributed by atoms with Gasteiger partial charge in [0.1, 0.15) is 0 Å². The van der Waals surface area contributed by atoms with Crippen LogP contribution in [0.25, 0.3) is 5.69 Å². The summed E-state index contributed by atoms with van der Waals surface area (Å²) in [6, 6.07) is 9.23. The van der Waals surface area contributed by atoms with E-state index in [1.54, 1.807) is 6.07 Å². The first kappa shape index (κ1) is 10.5. The van der Waals surface area contributed by atoms with Crippen LogP contribution >= 0.6 is 15.9 Å². The van der Waals surface area contributed by atoms with Crippen molar-refractivity contribution in [3.8, 4) is 5.69 Å². The summed E-state index contributed by atoms with van der Waals surface area (Å²) < 4.78 is 2.63. The highest BCUT2D eigenvalue weighted by molar-refractivity contribution is 9.10. The lowest BCUT2D eigenvalue weighted by Gasteiger charge is -2.07. The summed E-state index contributed by atoms with van der Waals surface area (Å²) in [4.78, 5) is 0. The van der Waals surface area contributed by atoms with E-state index in [0.29, 0.717) is 9.94 Å². The van der Waals surface area contributed by atoms with Gasteiger partial charge in [-0.1, -0.05) is 22.0 Å². The quantitative estimate of drug-likeness (QED) is 0.794. The summed E-state index contributed by atoms with van der Waals surface area (Å²) in [5.41, 5.74) is 1.43. The number of hydrogen-bond acceptors (Lipinski definition) is 2. The minimum Gasteiger partial charge on any atom is -0.423 e. The van der Waals surface area contributed by atoms with E-state index in [1.807, 2.05) is 41.2 Å². The van der Waals surface area contributed by atoms with Gasteiger partial charge in [-0.3, -0.25) is 0 Å². The maximum atomic E-state index is 9.04. The van der Waals surface area contributed by atoms with Gasteiger partial charge in [0.2, 0.25) is 0 Å². The Balaban J connectivity index is 2.42. The normalized spacial score (nSPS) is 10.3. The molecule has 15 heavy (non-hydrogen) atoms. The Morgan fingerprint density at radius 1 is 1.13 bits per heavy atom. The molecule has 0 aliphatic carbocycles. The molecule has 3 nitrogen and oxygen atoms in total. The summed E-state index contributed by atoms with van der Waals surface area (Å²) in [5, 5.41) is 18.1. The van der Waals surface area contributed by atoms with Crippen molar-refractivity contribution < 1.29 is 10.0 Å². The van der Waals surface area contributed by atoms with Crippen LogP contribution in [0.2, 0.25) is 0 Å². The second-order valence-corrected chi connectivity index (χ2v) is 4.02. The monoisotopic (exact) mass is 265 g/mol. The summed E-state index contributed by atoms with van der Waals surface area (Å²) in [6.07, 6.45) is 3.85. The average molecular weight is 266 g/mol. The van der Waals surface area contributed by atoms with Gasteiger partial charge in [-0.2, -0.15) is 0 Å². The van der Waals surface area contributed by atoms with Crippen LogP contribution in [0.3, 0.4) is 0 Å². The maximum Gasteiger partial charge on any atom is 0.489 e. The highest BCUT2D eigenvalue weighted by Crippen LogP contribution is 2.14. The van der Waals surface area contributed by atoms with Crippen molar-refractivity contribution >= 4 is 28.5 Å². The first-order chi connectivity index (χ1) is 7.18. The van der Waals surface area contributed by atoms with Crippen LogP contribution in [0.15, 0.2) is 47.2 Å². The van der Waals surface area contributed by atoms with Crippen LogP contribution in [-0.2, 0) is 0 Å². The molecular weight excluding hydrogens is 257 g/mol. The molecule has 1 heterocycles. The fourth-order valence-corrected chi connectivity index (χ4v) is 1.96. The molecule has 2 N–H and O–H groups in total. The summed E-state index contributed by atoms with van der Waals surface area (Å²) in [5.74, 6) is 0. The van der Waals surface area contributed by atoms with Crippen LogP contribution in [0, 0.1) is 0 Å². The number of hydrogen-bond donors (Lipinski definition) is 2. The first-order valence-electron chi connectivity index (χ1n) is 4.47. The van der Waals surface area contributed by atoms with Gasteiger partial charge in [0, 0.05) is 22.6 Å². The molecule has 0 aliphatic rings. The van der Waals surface area contributed by atoms with Crippen LogP contribution < -0.4 is 5.46 Å². The van der Waals surface area contributed by atoms with Gasteiger partial charge in [-0.25, -0.2) is 0 Å². The molecule has 0 amide bonds. The Morgan fingerprint density at radius 2 is 1.80 bits per heavy atom. The van der Waals surface area contributed by atoms with Crippen molar-refractivity contribution in [3.63, 3.8) is 0 Å². The second-order valence-electron chi connectivity index (χ2n) is 3.17. The molecule has 0 aliphatic heterocycles. The van der Waals surface area contributed by atoms with Crippen molar-refractivity contribution in [2.24, 2.45) is 0 Å². The SMILES string of the molecule is OB(O)c1ccc(-n2cccc2)cc1Br. The molecule has 2 aromatic rings. The van der Waals surface area contributed by atoms with E-state index in [9.17, 15) is 0 Å². The number of benzene rings is 1. The van der Waals surface area contributed by atoms with E-state index in [4.69, 9.17) is 10.0 Å². The van der Waals surface area contributed by atoms with Crippen molar-refractivity contribution in [2.45, 2.75) is 0 Å². The largest absolute Gasteiger partial charge is 0.489 e. The van der Waals surface area contributed by atoms with Gasteiger partial charge >= 0.3 is 7.12 Å². The molecule has 0 radical (unpaired) electrons. The molecule has 0 unspecified atom stereocenters. The summed E-state index contributed by atoms with van der Waals surface area (Å²) >= 11 is 3.30. The molecule has 0 saturated heterocycles. The zero-order valence-corrected chi connectivity index (χ0v) is 9.42. The third-order valence-electron chi connectivity index (χ3n) is 2.16.